The van der Waals surface area contributed by atoms with Crippen molar-refractivity contribution in [2.75, 3.05) is 30.6 Å². The summed E-state index contributed by atoms with van der Waals surface area (Å²) in [4.78, 5) is 11.3. The molecule has 0 amide bonds. The van der Waals surface area contributed by atoms with Crippen molar-refractivity contribution in [2.24, 2.45) is 0 Å². The summed E-state index contributed by atoms with van der Waals surface area (Å²) < 4.78 is 13.0. The molecule has 0 spiro atoms. The lowest BCUT2D eigenvalue weighted by Gasteiger charge is -2.08. The van der Waals surface area contributed by atoms with Gasteiger partial charge in [0, 0.05) is 17.3 Å². The number of rotatable bonds is 6. The van der Waals surface area contributed by atoms with Crippen molar-refractivity contribution >= 4 is 100 Å². The molecule has 0 aliphatic carbocycles. The van der Waals surface area contributed by atoms with Gasteiger partial charge in [-0.05, 0) is 18.4 Å². The second-order valence-corrected chi connectivity index (χ2v) is 14.5. The van der Waals surface area contributed by atoms with Gasteiger partial charge in [-0.15, -0.1) is 47.0 Å². The molecule has 0 bridgehead atoms. The maximum atomic E-state index is 11.3. The lowest BCUT2D eigenvalue weighted by Crippen LogP contribution is -2.00. The highest BCUT2D eigenvalue weighted by Gasteiger charge is 2.25. The molecule has 3 rings (SSSR count). The molecular weight excluding hydrogens is 469 g/mol. The smallest absolute Gasteiger partial charge is 0.306 e. The Morgan fingerprint density at radius 3 is 2.24 bits per heavy atom. The molecule has 0 saturated carbocycles. The van der Waals surface area contributed by atoms with E-state index in [1.807, 2.05) is 70.6 Å². The third-order valence-electron chi connectivity index (χ3n) is 2.96. The van der Waals surface area contributed by atoms with Crippen molar-refractivity contribution in [1.82, 2.24) is 0 Å². The van der Waals surface area contributed by atoms with Crippen molar-refractivity contribution in [3.63, 3.8) is 0 Å². The van der Waals surface area contributed by atoms with Gasteiger partial charge in [-0.3, -0.25) is 4.79 Å². The fourth-order valence-electron chi connectivity index (χ4n) is 1.83. The number of hydrogen-bond donors (Lipinski definition) is 0. The summed E-state index contributed by atoms with van der Waals surface area (Å²) in [7, 11) is 1.44. The minimum Gasteiger partial charge on any atom is -0.469 e. The Balaban J connectivity index is 1.54. The highest BCUT2D eigenvalue weighted by molar-refractivity contribution is 8.42. The fraction of sp³-hybridized carbons (Fsp3) is 0.400. The largest absolute Gasteiger partial charge is 0.469 e. The summed E-state index contributed by atoms with van der Waals surface area (Å²) in [5.74, 6) is 3.08. The van der Waals surface area contributed by atoms with Crippen LogP contribution in [-0.4, -0.2) is 36.6 Å². The Morgan fingerprint density at radius 2 is 1.64 bits per heavy atom. The third kappa shape index (κ3) is 6.10. The SMILES string of the molecule is COC(=O)CCSC1=C(SC)SC(=CC=C2SC3=C(SCCS3)S2)S1. The van der Waals surface area contributed by atoms with E-state index in [4.69, 9.17) is 4.74 Å². The van der Waals surface area contributed by atoms with Crippen LogP contribution >= 0.6 is 94.1 Å². The number of carbonyl (C=O) groups is 1. The molecular formula is C15H16O2S8. The van der Waals surface area contributed by atoms with Crippen LogP contribution in [0.15, 0.2) is 37.6 Å². The zero-order valence-electron chi connectivity index (χ0n) is 13.6. The quantitative estimate of drug-likeness (QED) is 0.366. The maximum Gasteiger partial charge on any atom is 0.306 e. The van der Waals surface area contributed by atoms with E-state index < -0.39 is 0 Å². The molecule has 0 aromatic rings. The predicted octanol–water partition coefficient (Wildman–Crippen LogP) is 7.02. The van der Waals surface area contributed by atoms with E-state index >= 15 is 0 Å². The van der Waals surface area contributed by atoms with E-state index in [2.05, 4.69) is 18.4 Å². The van der Waals surface area contributed by atoms with Crippen LogP contribution in [0.4, 0.5) is 0 Å². The molecule has 0 radical (unpaired) electrons. The van der Waals surface area contributed by atoms with Gasteiger partial charge < -0.3 is 4.74 Å². The van der Waals surface area contributed by atoms with Crippen LogP contribution in [-0.2, 0) is 9.53 Å². The lowest BCUT2D eigenvalue weighted by atomic mass is 10.5. The van der Waals surface area contributed by atoms with Crippen molar-refractivity contribution in [3.8, 4) is 0 Å². The fourth-order valence-corrected chi connectivity index (χ4v) is 12.8. The molecule has 2 nitrogen and oxygen atoms in total. The summed E-state index contributed by atoms with van der Waals surface area (Å²) in [6.07, 6.45) is 7.06. The molecule has 136 valence electrons. The summed E-state index contributed by atoms with van der Waals surface area (Å²) in [6, 6.07) is 0. The summed E-state index contributed by atoms with van der Waals surface area (Å²) in [5.41, 5.74) is 0. The predicted molar refractivity (Wildman–Crippen MR) is 128 cm³/mol. The van der Waals surface area contributed by atoms with E-state index in [9.17, 15) is 4.79 Å². The lowest BCUT2D eigenvalue weighted by molar-refractivity contribution is -0.140. The second-order valence-electron chi connectivity index (χ2n) is 4.61. The Bertz CT molecular complexity index is 644. The Hall–Kier alpha value is 1.23. The summed E-state index contributed by atoms with van der Waals surface area (Å²) in [5, 5.41) is 0. The monoisotopic (exact) mass is 484 g/mol. The number of allylic oxidation sites excluding steroid dienone is 2. The molecule has 3 heterocycles. The molecule has 0 atom stereocenters. The molecule has 0 aromatic heterocycles. The molecule has 25 heavy (non-hydrogen) atoms. The summed E-state index contributed by atoms with van der Waals surface area (Å²) >= 11 is 15.0. The zero-order chi connectivity index (χ0) is 17.6. The Kier molecular flexibility index (Phi) is 8.96. The van der Waals surface area contributed by atoms with Gasteiger partial charge in [0.25, 0.3) is 0 Å². The average molecular weight is 485 g/mol. The molecule has 10 heteroatoms. The van der Waals surface area contributed by atoms with Gasteiger partial charge >= 0.3 is 5.97 Å². The maximum absolute atomic E-state index is 11.3. The molecule has 0 saturated heterocycles. The Labute approximate surface area is 182 Å². The minimum atomic E-state index is -0.141. The van der Waals surface area contributed by atoms with Crippen molar-refractivity contribution in [1.29, 1.82) is 0 Å². The number of esters is 1. The first-order valence-corrected chi connectivity index (χ1v) is 14.8. The van der Waals surface area contributed by atoms with Crippen LogP contribution in [0.25, 0.3) is 0 Å². The number of methoxy groups -OCH3 is 1. The topological polar surface area (TPSA) is 26.3 Å². The van der Waals surface area contributed by atoms with E-state index in [0.29, 0.717) is 6.42 Å². The van der Waals surface area contributed by atoms with Crippen LogP contribution in [0.2, 0.25) is 0 Å². The van der Waals surface area contributed by atoms with Gasteiger partial charge in [-0.2, -0.15) is 0 Å². The molecule has 0 fully saturated rings. The number of carbonyl (C=O) groups excluding carboxylic acids is 1. The molecule has 0 aromatic carbocycles. The third-order valence-corrected chi connectivity index (χ3v) is 13.9. The minimum absolute atomic E-state index is 0.141. The van der Waals surface area contributed by atoms with Gasteiger partial charge in [0.15, 0.2) is 0 Å². The normalized spacial score (nSPS) is 22.0. The van der Waals surface area contributed by atoms with E-state index in [1.165, 1.54) is 44.0 Å². The first kappa shape index (κ1) is 21.0. The number of thioether (sulfide) groups is 8. The zero-order valence-corrected chi connectivity index (χ0v) is 20.1. The molecule has 3 aliphatic heterocycles. The van der Waals surface area contributed by atoms with Gasteiger partial charge in [0.1, 0.15) is 0 Å². The molecule has 0 unspecified atom stereocenters. The highest BCUT2D eigenvalue weighted by Crippen LogP contribution is 2.60. The second kappa shape index (κ2) is 10.7. The van der Waals surface area contributed by atoms with Crippen LogP contribution in [0.3, 0.4) is 0 Å². The summed E-state index contributed by atoms with van der Waals surface area (Å²) in [6.45, 7) is 0. The van der Waals surface area contributed by atoms with Gasteiger partial charge in [-0.1, -0.05) is 47.0 Å². The van der Waals surface area contributed by atoms with Crippen molar-refractivity contribution in [2.45, 2.75) is 6.42 Å². The first-order valence-electron chi connectivity index (χ1n) is 7.30. The van der Waals surface area contributed by atoms with Crippen molar-refractivity contribution < 1.29 is 9.53 Å². The van der Waals surface area contributed by atoms with Crippen LogP contribution in [0.1, 0.15) is 6.42 Å². The van der Waals surface area contributed by atoms with E-state index in [0.717, 1.165) is 5.75 Å². The van der Waals surface area contributed by atoms with Gasteiger partial charge in [0.2, 0.25) is 0 Å². The van der Waals surface area contributed by atoms with Crippen molar-refractivity contribution in [3.05, 3.63) is 37.6 Å². The average Bonchev–Trinajstić information content (AvgIpc) is 3.22. The highest BCUT2D eigenvalue weighted by atomic mass is 32.3. The standard InChI is InChI=1S/C15H16O2S8/c1-17-9(16)5-6-19-13-12(18-2)22-10(23-13)3-4-11-24-14-15(25-11)21-8-7-20-14/h3-4H,5-8H2,1-2H3. The van der Waals surface area contributed by atoms with Crippen LogP contribution in [0.5, 0.6) is 0 Å². The number of ether oxygens (including phenoxy) is 1. The van der Waals surface area contributed by atoms with E-state index in [1.54, 1.807) is 23.5 Å². The molecule has 0 N–H and O–H groups in total. The molecule has 3 aliphatic rings. The van der Waals surface area contributed by atoms with Crippen LogP contribution < -0.4 is 0 Å². The van der Waals surface area contributed by atoms with Crippen LogP contribution in [0, 0.1) is 0 Å². The number of hydrogen-bond acceptors (Lipinski definition) is 10. The van der Waals surface area contributed by atoms with Gasteiger partial charge in [-0.25, -0.2) is 0 Å². The van der Waals surface area contributed by atoms with Gasteiger partial charge in [0.05, 0.1) is 39.0 Å². The first-order chi connectivity index (χ1) is 12.2. The Morgan fingerprint density at radius 1 is 1.04 bits per heavy atom. The van der Waals surface area contributed by atoms with E-state index in [-0.39, 0.29) is 5.97 Å².